The van der Waals surface area contributed by atoms with Gasteiger partial charge in [0, 0.05) is 14.1 Å². The van der Waals surface area contributed by atoms with E-state index in [1.54, 1.807) is 19.0 Å². The van der Waals surface area contributed by atoms with Gasteiger partial charge in [-0.25, -0.2) is 0 Å². The summed E-state index contributed by atoms with van der Waals surface area (Å²) in [6, 6.07) is 0. The van der Waals surface area contributed by atoms with Gasteiger partial charge in [0.15, 0.2) is 0 Å². The van der Waals surface area contributed by atoms with Crippen LogP contribution in [0.15, 0.2) is 11.6 Å². The number of hydrogen-bond acceptors (Lipinski definition) is 1. The second-order valence-electron chi connectivity index (χ2n) is 3.17. The third-order valence-electron chi connectivity index (χ3n) is 2.15. The third-order valence-corrected chi connectivity index (χ3v) is 2.15. The Labute approximate surface area is 75.3 Å². The lowest BCUT2D eigenvalue weighted by molar-refractivity contribution is -0.131. The molecule has 70 valence electrons. The van der Waals surface area contributed by atoms with Gasteiger partial charge < -0.3 is 4.90 Å². The van der Waals surface area contributed by atoms with Crippen molar-refractivity contribution in [3.8, 4) is 0 Å². The summed E-state index contributed by atoms with van der Waals surface area (Å²) in [5, 5.41) is 0. The second kappa shape index (κ2) is 4.96. The van der Waals surface area contributed by atoms with E-state index < -0.39 is 0 Å². The number of amides is 1. The molecular weight excluding hydrogens is 150 g/mol. The quantitative estimate of drug-likeness (QED) is 0.592. The molecule has 2 nitrogen and oxygen atoms in total. The Morgan fingerprint density at radius 3 is 2.25 bits per heavy atom. The number of allylic oxidation sites excluding steroid dienone is 1. The number of nitrogens with zero attached hydrogens (tertiary/aromatic N) is 1. The zero-order valence-corrected chi connectivity index (χ0v) is 8.72. The van der Waals surface area contributed by atoms with E-state index in [1.165, 1.54) is 5.57 Å². The lowest BCUT2D eigenvalue weighted by atomic mass is 9.97. The maximum absolute atomic E-state index is 11.5. The topological polar surface area (TPSA) is 20.3 Å². The molecule has 0 aromatic carbocycles. The van der Waals surface area contributed by atoms with Crippen LogP contribution in [0.2, 0.25) is 0 Å². The molecule has 0 rings (SSSR count). The average molecular weight is 169 g/mol. The van der Waals surface area contributed by atoms with E-state index in [0.717, 1.165) is 6.42 Å². The Morgan fingerprint density at radius 2 is 2.00 bits per heavy atom. The Kier molecular flexibility index (Phi) is 4.64. The Hall–Kier alpha value is -0.790. The minimum Gasteiger partial charge on any atom is -0.348 e. The second-order valence-corrected chi connectivity index (χ2v) is 3.17. The van der Waals surface area contributed by atoms with Crippen LogP contribution in [0.5, 0.6) is 0 Å². The molecule has 0 spiro atoms. The number of rotatable bonds is 3. The largest absolute Gasteiger partial charge is 0.348 e. The Bertz CT molecular complexity index is 182. The van der Waals surface area contributed by atoms with Crippen molar-refractivity contribution in [2.24, 2.45) is 5.92 Å². The van der Waals surface area contributed by atoms with Crippen molar-refractivity contribution < 1.29 is 4.79 Å². The van der Waals surface area contributed by atoms with E-state index in [2.05, 4.69) is 6.92 Å². The van der Waals surface area contributed by atoms with Crippen molar-refractivity contribution in [1.29, 1.82) is 0 Å². The lowest BCUT2D eigenvalue weighted by Gasteiger charge is -2.18. The highest BCUT2D eigenvalue weighted by atomic mass is 16.2. The predicted molar refractivity (Wildman–Crippen MR) is 51.9 cm³/mol. The van der Waals surface area contributed by atoms with Crippen LogP contribution in [0.4, 0.5) is 0 Å². The van der Waals surface area contributed by atoms with Crippen LogP contribution in [-0.2, 0) is 4.79 Å². The maximum Gasteiger partial charge on any atom is 0.228 e. The van der Waals surface area contributed by atoms with Gasteiger partial charge in [0.25, 0.3) is 0 Å². The van der Waals surface area contributed by atoms with Gasteiger partial charge in [-0.3, -0.25) is 4.79 Å². The van der Waals surface area contributed by atoms with E-state index in [1.807, 2.05) is 19.9 Å². The first-order valence-electron chi connectivity index (χ1n) is 4.40. The molecule has 0 bridgehead atoms. The van der Waals surface area contributed by atoms with E-state index in [4.69, 9.17) is 0 Å². The van der Waals surface area contributed by atoms with E-state index in [0.29, 0.717) is 0 Å². The summed E-state index contributed by atoms with van der Waals surface area (Å²) in [5.41, 5.74) is 1.22. The van der Waals surface area contributed by atoms with Gasteiger partial charge in [0.2, 0.25) is 5.91 Å². The van der Waals surface area contributed by atoms with Crippen molar-refractivity contribution in [2.45, 2.75) is 27.2 Å². The minimum atomic E-state index is 0.0370. The molecule has 0 heterocycles. The molecule has 2 heteroatoms. The monoisotopic (exact) mass is 169 g/mol. The van der Waals surface area contributed by atoms with E-state index in [-0.39, 0.29) is 11.8 Å². The summed E-state index contributed by atoms with van der Waals surface area (Å²) in [6.07, 6.45) is 2.99. The van der Waals surface area contributed by atoms with Crippen LogP contribution in [0.25, 0.3) is 0 Å². The fourth-order valence-electron chi connectivity index (χ4n) is 1.31. The highest BCUT2D eigenvalue weighted by molar-refractivity contribution is 5.80. The number of carbonyl (C=O) groups is 1. The first-order valence-corrected chi connectivity index (χ1v) is 4.40. The van der Waals surface area contributed by atoms with Gasteiger partial charge in [-0.15, -0.1) is 0 Å². The standard InChI is InChI=1S/C10H19NO/c1-6-9(7-2)8(3)10(12)11(4)5/h6,8H,7H2,1-5H3. The smallest absolute Gasteiger partial charge is 0.228 e. The first-order chi connectivity index (χ1) is 5.54. The molecule has 0 aromatic heterocycles. The van der Waals surface area contributed by atoms with Gasteiger partial charge in [0.05, 0.1) is 5.92 Å². The van der Waals surface area contributed by atoms with Gasteiger partial charge >= 0.3 is 0 Å². The van der Waals surface area contributed by atoms with Gasteiger partial charge in [-0.05, 0) is 20.3 Å². The molecule has 0 aliphatic heterocycles. The normalized spacial score (nSPS) is 14.2. The summed E-state index contributed by atoms with van der Waals surface area (Å²) in [4.78, 5) is 13.1. The third kappa shape index (κ3) is 2.68. The van der Waals surface area contributed by atoms with Crippen LogP contribution < -0.4 is 0 Å². The summed E-state index contributed by atoms with van der Waals surface area (Å²) in [6.45, 7) is 6.02. The summed E-state index contributed by atoms with van der Waals surface area (Å²) in [7, 11) is 3.59. The maximum atomic E-state index is 11.5. The minimum absolute atomic E-state index is 0.0370. The molecule has 1 amide bonds. The molecule has 1 unspecified atom stereocenters. The molecule has 0 aromatic rings. The van der Waals surface area contributed by atoms with E-state index in [9.17, 15) is 4.79 Å². The molecular formula is C10H19NO. The average Bonchev–Trinajstić information content (AvgIpc) is 2.05. The molecule has 0 aliphatic carbocycles. The number of hydrogen-bond donors (Lipinski definition) is 0. The molecule has 0 aliphatic rings. The molecule has 0 fully saturated rings. The predicted octanol–water partition coefficient (Wildman–Crippen LogP) is 2.07. The first kappa shape index (κ1) is 11.2. The number of carbonyl (C=O) groups excluding carboxylic acids is 1. The van der Waals surface area contributed by atoms with Crippen LogP contribution in [-0.4, -0.2) is 24.9 Å². The van der Waals surface area contributed by atoms with Crippen LogP contribution in [0.3, 0.4) is 0 Å². The summed E-state index contributed by atoms with van der Waals surface area (Å²) < 4.78 is 0. The van der Waals surface area contributed by atoms with Crippen molar-refractivity contribution >= 4 is 5.91 Å². The SMILES string of the molecule is CC=C(CC)C(C)C(=O)N(C)C. The summed E-state index contributed by atoms with van der Waals surface area (Å²) in [5.74, 6) is 0.222. The molecule has 0 saturated heterocycles. The van der Waals surface area contributed by atoms with Crippen molar-refractivity contribution in [2.75, 3.05) is 14.1 Å². The van der Waals surface area contributed by atoms with Crippen molar-refractivity contribution in [3.63, 3.8) is 0 Å². The molecule has 0 N–H and O–H groups in total. The molecule has 1 atom stereocenters. The zero-order chi connectivity index (χ0) is 9.72. The van der Waals surface area contributed by atoms with Crippen LogP contribution in [0, 0.1) is 5.92 Å². The fourth-order valence-corrected chi connectivity index (χ4v) is 1.31. The van der Waals surface area contributed by atoms with Crippen LogP contribution >= 0.6 is 0 Å². The Balaban J connectivity index is 4.37. The summed E-state index contributed by atoms with van der Waals surface area (Å²) >= 11 is 0. The molecule has 0 saturated carbocycles. The van der Waals surface area contributed by atoms with Gasteiger partial charge in [-0.1, -0.05) is 18.6 Å². The highest BCUT2D eigenvalue weighted by Gasteiger charge is 2.16. The molecule has 12 heavy (non-hydrogen) atoms. The van der Waals surface area contributed by atoms with Crippen LogP contribution in [0.1, 0.15) is 27.2 Å². The zero-order valence-electron chi connectivity index (χ0n) is 8.72. The Morgan fingerprint density at radius 1 is 1.50 bits per heavy atom. The van der Waals surface area contributed by atoms with Crippen molar-refractivity contribution in [3.05, 3.63) is 11.6 Å². The van der Waals surface area contributed by atoms with Gasteiger partial charge in [0.1, 0.15) is 0 Å². The van der Waals surface area contributed by atoms with Crippen molar-refractivity contribution in [1.82, 2.24) is 4.90 Å². The molecule has 0 radical (unpaired) electrons. The fraction of sp³-hybridized carbons (Fsp3) is 0.700. The highest BCUT2D eigenvalue weighted by Crippen LogP contribution is 2.15. The van der Waals surface area contributed by atoms with Gasteiger partial charge in [-0.2, -0.15) is 0 Å². The lowest BCUT2D eigenvalue weighted by Crippen LogP contribution is -2.28. The van der Waals surface area contributed by atoms with E-state index >= 15 is 0 Å².